The van der Waals surface area contributed by atoms with E-state index in [2.05, 4.69) is 41.9 Å². The van der Waals surface area contributed by atoms with Gasteiger partial charge in [-0.15, -0.1) is 0 Å². The average Bonchev–Trinajstić information content (AvgIpc) is 3.42. The molecule has 1 aromatic rings. The summed E-state index contributed by atoms with van der Waals surface area (Å²) >= 11 is 0. The summed E-state index contributed by atoms with van der Waals surface area (Å²) in [5.41, 5.74) is 4.22. The molecule has 2 atom stereocenters. The molecule has 2 fully saturated rings. The second-order valence-corrected chi connectivity index (χ2v) is 9.11. The standard InChI is InChI=1S/C25H38N2O2/c1-4-19(2)18-27-22-10-7-9-20(22)15-21-16-24(28-3)25(17-23(21)27)29-14-8-13-26-11-5-6-12-26/h15-17,19,22H,4-14,18H2,1-3H3. The molecule has 4 heteroatoms. The van der Waals surface area contributed by atoms with Gasteiger partial charge in [-0.25, -0.2) is 0 Å². The zero-order valence-electron chi connectivity index (χ0n) is 18.6. The van der Waals surface area contributed by atoms with Crippen LogP contribution in [0, 0.1) is 5.92 Å². The molecule has 1 aromatic carbocycles. The van der Waals surface area contributed by atoms with E-state index in [1.54, 1.807) is 12.7 Å². The molecule has 0 N–H and O–H groups in total. The highest BCUT2D eigenvalue weighted by Crippen LogP contribution is 2.45. The lowest BCUT2D eigenvalue weighted by atomic mass is 9.95. The number of rotatable bonds is 9. The number of hydrogen-bond acceptors (Lipinski definition) is 4. The number of methoxy groups -OCH3 is 1. The summed E-state index contributed by atoms with van der Waals surface area (Å²) in [4.78, 5) is 5.20. The molecule has 4 rings (SSSR count). The molecule has 1 aliphatic carbocycles. The minimum absolute atomic E-state index is 0.577. The van der Waals surface area contributed by atoms with Crippen molar-refractivity contribution in [3.8, 4) is 11.5 Å². The SMILES string of the molecule is CCC(C)CN1c2cc(OCCCN3CCCC3)c(OC)cc2C=C2CCCC21. The van der Waals surface area contributed by atoms with E-state index >= 15 is 0 Å². The fourth-order valence-corrected chi connectivity index (χ4v) is 5.11. The molecule has 1 saturated carbocycles. The highest BCUT2D eigenvalue weighted by molar-refractivity contribution is 5.78. The first kappa shape index (κ1) is 20.6. The summed E-state index contributed by atoms with van der Waals surface area (Å²) < 4.78 is 12.0. The Morgan fingerprint density at radius 2 is 1.97 bits per heavy atom. The van der Waals surface area contributed by atoms with Crippen LogP contribution in [0.3, 0.4) is 0 Å². The van der Waals surface area contributed by atoms with Gasteiger partial charge >= 0.3 is 0 Å². The van der Waals surface area contributed by atoms with Crippen LogP contribution in [-0.2, 0) is 0 Å². The molecule has 4 nitrogen and oxygen atoms in total. The fourth-order valence-electron chi connectivity index (χ4n) is 5.11. The van der Waals surface area contributed by atoms with Crippen molar-refractivity contribution in [3.63, 3.8) is 0 Å². The molecule has 1 saturated heterocycles. The van der Waals surface area contributed by atoms with Crippen LogP contribution in [0.5, 0.6) is 11.5 Å². The molecule has 2 aliphatic heterocycles. The van der Waals surface area contributed by atoms with Gasteiger partial charge in [-0.2, -0.15) is 0 Å². The first-order valence-corrected chi connectivity index (χ1v) is 11.7. The number of anilines is 1. The monoisotopic (exact) mass is 398 g/mol. The maximum Gasteiger partial charge on any atom is 0.163 e. The zero-order valence-corrected chi connectivity index (χ0v) is 18.6. The Balaban J connectivity index is 1.52. The Morgan fingerprint density at radius 3 is 2.72 bits per heavy atom. The van der Waals surface area contributed by atoms with E-state index in [-0.39, 0.29) is 0 Å². The number of ether oxygens (including phenoxy) is 2. The van der Waals surface area contributed by atoms with Crippen molar-refractivity contribution in [1.29, 1.82) is 0 Å². The van der Waals surface area contributed by atoms with Crippen LogP contribution in [0.1, 0.15) is 64.4 Å². The molecule has 0 amide bonds. The van der Waals surface area contributed by atoms with Gasteiger partial charge in [-0.05, 0) is 69.2 Å². The first-order chi connectivity index (χ1) is 14.2. The summed E-state index contributed by atoms with van der Waals surface area (Å²) in [7, 11) is 1.75. The van der Waals surface area contributed by atoms with Crippen LogP contribution in [0.15, 0.2) is 17.7 Å². The summed E-state index contributed by atoms with van der Waals surface area (Å²) in [5, 5.41) is 0. The number of likely N-dealkylation sites (tertiary alicyclic amines) is 1. The number of benzene rings is 1. The minimum Gasteiger partial charge on any atom is -0.493 e. The van der Waals surface area contributed by atoms with Gasteiger partial charge in [0.25, 0.3) is 0 Å². The van der Waals surface area contributed by atoms with Gasteiger partial charge in [0, 0.05) is 30.4 Å². The molecule has 0 radical (unpaired) electrons. The van der Waals surface area contributed by atoms with Gasteiger partial charge in [0.2, 0.25) is 0 Å². The van der Waals surface area contributed by atoms with Gasteiger partial charge in [0.1, 0.15) is 0 Å². The third kappa shape index (κ3) is 4.58. The van der Waals surface area contributed by atoms with Crippen molar-refractivity contribution >= 4 is 11.8 Å². The van der Waals surface area contributed by atoms with Crippen LogP contribution in [-0.4, -0.2) is 50.8 Å². The number of nitrogens with zero attached hydrogens (tertiary/aromatic N) is 2. The van der Waals surface area contributed by atoms with Crippen molar-refractivity contribution in [2.45, 2.75) is 64.8 Å². The van der Waals surface area contributed by atoms with E-state index in [4.69, 9.17) is 9.47 Å². The van der Waals surface area contributed by atoms with Crippen LogP contribution in [0.4, 0.5) is 5.69 Å². The van der Waals surface area contributed by atoms with Gasteiger partial charge in [-0.1, -0.05) is 26.3 Å². The summed E-state index contributed by atoms with van der Waals surface area (Å²) in [6.45, 7) is 10.2. The third-order valence-corrected chi connectivity index (χ3v) is 6.99. The Labute approximate surface area is 176 Å². The molecule has 29 heavy (non-hydrogen) atoms. The Morgan fingerprint density at radius 1 is 1.14 bits per heavy atom. The number of fused-ring (bicyclic) bond motifs is 2. The Bertz CT molecular complexity index is 724. The Hall–Kier alpha value is -1.68. The smallest absolute Gasteiger partial charge is 0.163 e. The van der Waals surface area contributed by atoms with Gasteiger partial charge in [0.15, 0.2) is 11.5 Å². The molecule has 3 aliphatic rings. The van der Waals surface area contributed by atoms with E-state index in [1.807, 2.05) is 0 Å². The van der Waals surface area contributed by atoms with Crippen molar-refractivity contribution in [2.24, 2.45) is 5.92 Å². The summed E-state index contributed by atoms with van der Waals surface area (Å²) in [6.07, 6.45) is 11.2. The van der Waals surface area contributed by atoms with Crippen molar-refractivity contribution < 1.29 is 9.47 Å². The van der Waals surface area contributed by atoms with Gasteiger partial charge in [-0.3, -0.25) is 0 Å². The molecule has 2 unspecified atom stereocenters. The van der Waals surface area contributed by atoms with Crippen LogP contribution in [0.2, 0.25) is 0 Å². The highest BCUT2D eigenvalue weighted by atomic mass is 16.5. The lowest BCUT2D eigenvalue weighted by molar-refractivity contribution is 0.254. The second-order valence-electron chi connectivity index (χ2n) is 9.11. The summed E-state index contributed by atoms with van der Waals surface area (Å²) in [5.74, 6) is 2.45. The van der Waals surface area contributed by atoms with Gasteiger partial charge in [0.05, 0.1) is 19.8 Å². The van der Waals surface area contributed by atoms with E-state index < -0.39 is 0 Å². The lowest BCUT2D eigenvalue weighted by Crippen LogP contribution is -2.39. The molecular formula is C25H38N2O2. The molecule has 0 bridgehead atoms. The van der Waals surface area contributed by atoms with Crippen LogP contribution >= 0.6 is 0 Å². The maximum atomic E-state index is 6.25. The predicted octanol–water partition coefficient (Wildman–Crippen LogP) is 5.36. The fraction of sp³-hybridized carbons (Fsp3) is 0.680. The maximum absolute atomic E-state index is 6.25. The summed E-state index contributed by atoms with van der Waals surface area (Å²) in [6, 6.07) is 5.02. The zero-order chi connectivity index (χ0) is 20.2. The third-order valence-electron chi connectivity index (χ3n) is 6.99. The molecular weight excluding hydrogens is 360 g/mol. The molecule has 0 aromatic heterocycles. The van der Waals surface area contributed by atoms with E-state index in [1.165, 1.54) is 62.9 Å². The largest absolute Gasteiger partial charge is 0.493 e. The van der Waals surface area contributed by atoms with E-state index in [0.29, 0.717) is 12.0 Å². The Kier molecular flexibility index (Phi) is 6.69. The second kappa shape index (κ2) is 9.42. The minimum atomic E-state index is 0.577. The molecule has 0 spiro atoms. The van der Waals surface area contributed by atoms with E-state index in [0.717, 1.165) is 37.6 Å². The van der Waals surface area contributed by atoms with Crippen molar-refractivity contribution in [1.82, 2.24) is 4.90 Å². The van der Waals surface area contributed by atoms with E-state index in [9.17, 15) is 0 Å². The van der Waals surface area contributed by atoms with Crippen molar-refractivity contribution in [2.75, 3.05) is 44.8 Å². The molecule has 160 valence electrons. The molecule has 2 heterocycles. The lowest BCUT2D eigenvalue weighted by Gasteiger charge is -2.38. The van der Waals surface area contributed by atoms with Crippen molar-refractivity contribution in [3.05, 3.63) is 23.3 Å². The normalized spacial score (nSPS) is 22.2. The topological polar surface area (TPSA) is 24.9 Å². The quantitative estimate of drug-likeness (QED) is 0.523. The predicted molar refractivity (Wildman–Crippen MR) is 121 cm³/mol. The van der Waals surface area contributed by atoms with Crippen LogP contribution in [0.25, 0.3) is 6.08 Å². The van der Waals surface area contributed by atoms with Crippen LogP contribution < -0.4 is 14.4 Å². The first-order valence-electron chi connectivity index (χ1n) is 11.7. The van der Waals surface area contributed by atoms with Gasteiger partial charge < -0.3 is 19.3 Å². The average molecular weight is 399 g/mol. The number of hydrogen-bond donors (Lipinski definition) is 0. The highest BCUT2D eigenvalue weighted by Gasteiger charge is 2.33.